The first-order chi connectivity index (χ1) is 11.9. The number of piperazine rings is 1. The molecule has 0 saturated carbocycles. The van der Waals surface area contributed by atoms with Gasteiger partial charge in [0.05, 0.1) is 10.6 Å². The Morgan fingerprint density at radius 2 is 1.68 bits per heavy atom. The van der Waals surface area contributed by atoms with E-state index in [-0.39, 0.29) is 10.6 Å². The molecule has 0 unspecified atom stereocenters. The molecule has 1 fully saturated rings. The highest BCUT2D eigenvalue weighted by molar-refractivity contribution is 7.89. The zero-order chi connectivity index (χ0) is 18.0. The summed E-state index contributed by atoms with van der Waals surface area (Å²) in [5.41, 5.74) is 0.533. The molecule has 2 aromatic rings. The highest BCUT2D eigenvalue weighted by atomic mass is 32.2. The zero-order valence-corrected chi connectivity index (χ0v) is 14.1. The minimum atomic E-state index is -3.79. The lowest BCUT2D eigenvalue weighted by Crippen LogP contribution is -2.47. The van der Waals surface area contributed by atoms with Gasteiger partial charge in [0.1, 0.15) is 16.9 Å². The van der Waals surface area contributed by atoms with Crippen LogP contribution in [0, 0.1) is 10.1 Å². The summed E-state index contributed by atoms with van der Waals surface area (Å²) >= 11 is 0. The van der Waals surface area contributed by atoms with Gasteiger partial charge in [-0.2, -0.15) is 0 Å². The fourth-order valence-electron chi connectivity index (χ4n) is 2.81. The predicted molar refractivity (Wildman–Crippen MR) is 93.1 cm³/mol. The average molecular weight is 363 g/mol. The van der Waals surface area contributed by atoms with Crippen molar-refractivity contribution in [2.75, 3.05) is 36.0 Å². The van der Waals surface area contributed by atoms with Crippen LogP contribution in [-0.2, 0) is 10.0 Å². The Balaban J connectivity index is 1.73. The van der Waals surface area contributed by atoms with Gasteiger partial charge < -0.3 is 9.80 Å². The fourth-order valence-corrected chi connectivity index (χ4v) is 3.57. The van der Waals surface area contributed by atoms with E-state index in [0.29, 0.717) is 37.7 Å². The lowest BCUT2D eigenvalue weighted by atomic mass is 10.2. The normalized spacial score (nSPS) is 15.2. The van der Waals surface area contributed by atoms with Gasteiger partial charge in [0, 0.05) is 32.2 Å². The summed E-state index contributed by atoms with van der Waals surface area (Å²) in [5.74, 6) is 0.657. The summed E-state index contributed by atoms with van der Waals surface area (Å²) in [5, 5.41) is 16.0. The lowest BCUT2D eigenvalue weighted by Gasteiger charge is -2.37. The van der Waals surface area contributed by atoms with E-state index in [4.69, 9.17) is 5.14 Å². The molecule has 0 radical (unpaired) electrons. The number of nitro groups is 1. The monoisotopic (exact) mass is 363 g/mol. The summed E-state index contributed by atoms with van der Waals surface area (Å²) in [7, 11) is -3.79. The van der Waals surface area contributed by atoms with Crippen LogP contribution >= 0.6 is 0 Å². The Hall–Kier alpha value is -2.72. The van der Waals surface area contributed by atoms with Gasteiger partial charge in [0.2, 0.25) is 10.0 Å². The lowest BCUT2D eigenvalue weighted by molar-refractivity contribution is -0.385. The van der Waals surface area contributed by atoms with Gasteiger partial charge in [0.25, 0.3) is 5.69 Å². The van der Waals surface area contributed by atoms with Crippen LogP contribution in [0.2, 0.25) is 0 Å². The van der Waals surface area contributed by atoms with Crippen molar-refractivity contribution in [3.63, 3.8) is 0 Å². The van der Waals surface area contributed by atoms with Gasteiger partial charge in [0.15, 0.2) is 0 Å². The second-order valence-corrected chi connectivity index (χ2v) is 7.15. The van der Waals surface area contributed by atoms with Crippen LogP contribution in [0.4, 0.5) is 17.2 Å². The minimum Gasteiger partial charge on any atom is -0.367 e. The molecular formula is C15H17N5O4S. The van der Waals surface area contributed by atoms with E-state index in [1.54, 1.807) is 24.3 Å². The molecule has 3 rings (SSSR count). The number of aromatic nitrogens is 1. The standard InChI is InChI=1S/C15H17N5O4S/c16-25(23,24)14-4-2-1-3-13(14)18-7-9-19(10-8-18)15-6-5-12(11-17-15)20(21)22/h1-6,11H,7-10H2,(H2,16,23,24). The van der Waals surface area contributed by atoms with Crippen molar-refractivity contribution in [2.45, 2.75) is 4.90 Å². The van der Waals surface area contributed by atoms with Crippen molar-refractivity contribution in [3.05, 3.63) is 52.7 Å². The zero-order valence-electron chi connectivity index (χ0n) is 13.3. The number of nitrogens with two attached hydrogens (primary N) is 1. The third-order valence-electron chi connectivity index (χ3n) is 4.06. The molecule has 25 heavy (non-hydrogen) atoms. The number of benzene rings is 1. The third kappa shape index (κ3) is 3.69. The number of hydrogen-bond acceptors (Lipinski definition) is 7. The van der Waals surface area contributed by atoms with Crippen LogP contribution in [0.1, 0.15) is 0 Å². The number of para-hydroxylation sites is 1. The first-order valence-electron chi connectivity index (χ1n) is 7.58. The van der Waals surface area contributed by atoms with Gasteiger partial charge in [-0.15, -0.1) is 0 Å². The number of rotatable bonds is 4. The van der Waals surface area contributed by atoms with E-state index in [2.05, 4.69) is 4.98 Å². The quantitative estimate of drug-likeness (QED) is 0.634. The van der Waals surface area contributed by atoms with Crippen LogP contribution < -0.4 is 14.9 Å². The van der Waals surface area contributed by atoms with Gasteiger partial charge in [-0.25, -0.2) is 18.5 Å². The maximum Gasteiger partial charge on any atom is 0.287 e. The van der Waals surface area contributed by atoms with Crippen LogP contribution in [0.15, 0.2) is 47.5 Å². The second kappa shape index (κ2) is 6.65. The summed E-state index contributed by atoms with van der Waals surface area (Å²) < 4.78 is 23.5. The van der Waals surface area contributed by atoms with Crippen molar-refractivity contribution >= 4 is 27.2 Å². The van der Waals surface area contributed by atoms with Crippen molar-refractivity contribution < 1.29 is 13.3 Å². The summed E-state index contributed by atoms with van der Waals surface area (Å²) in [4.78, 5) is 18.4. The smallest absolute Gasteiger partial charge is 0.287 e. The van der Waals surface area contributed by atoms with E-state index in [1.165, 1.54) is 18.3 Å². The number of sulfonamides is 1. The molecule has 0 bridgehead atoms. The average Bonchev–Trinajstić information content (AvgIpc) is 2.61. The highest BCUT2D eigenvalue weighted by Crippen LogP contribution is 2.26. The van der Waals surface area contributed by atoms with E-state index in [9.17, 15) is 18.5 Å². The summed E-state index contributed by atoms with van der Waals surface area (Å²) in [6, 6.07) is 9.68. The first kappa shape index (κ1) is 17.1. The molecular weight excluding hydrogens is 346 g/mol. The van der Waals surface area contributed by atoms with Crippen LogP contribution in [0.25, 0.3) is 0 Å². The molecule has 1 aliphatic heterocycles. The highest BCUT2D eigenvalue weighted by Gasteiger charge is 2.23. The Morgan fingerprint density at radius 3 is 2.24 bits per heavy atom. The molecule has 1 aliphatic rings. The Kier molecular flexibility index (Phi) is 4.55. The maximum absolute atomic E-state index is 11.7. The maximum atomic E-state index is 11.7. The van der Waals surface area contributed by atoms with Gasteiger partial charge in [-0.3, -0.25) is 10.1 Å². The Labute approximate surface area is 144 Å². The molecule has 0 aliphatic carbocycles. The fraction of sp³-hybridized carbons (Fsp3) is 0.267. The number of pyridine rings is 1. The number of hydrogen-bond donors (Lipinski definition) is 1. The molecule has 1 aromatic carbocycles. The number of anilines is 2. The van der Waals surface area contributed by atoms with Crippen LogP contribution in [-0.4, -0.2) is 44.5 Å². The molecule has 2 N–H and O–H groups in total. The molecule has 2 heterocycles. The predicted octanol–water partition coefficient (Wildman–Crippen LogP) is 0.964. The summed E-state index contributed by atoms with van der Waals surface area (Å²) in [6.07, 6.45) is 1.23. The van der Waals surface area contributed by atoms with E-state index < -0.39 is 14.9 Å². The second-order valence-electron chi connectivity index (χ2n) is 5.62. The first-order valence-corrected chi connectivity index (χ1v) is 9.13. The molecule has 0 atom stereocenters. The van der Waals surface area contributed by atoms with Gasteiger partial charge >= 0.3 is 0 Å². The molecule has 1 saturated heterocycles. The van der Waals surface area contributed by atoms with E-state index in [0.717, 1.165) is 0 Å². The molecule has 132 valence electrons. The molecule has 0 spiro atoms. The summed E-state index contributed by atoms with van der Waals surface area (Å²) in [6.45, 7) is 2.41. The third-order valence-corrected chi connectivity index (χ3v) is 5.02. The number of nitrogens with zero attached hydrogens (tertiary/aromatic N) is 4. The van der Waals surface area contributed by atoms with E-state index >= 15 is 0 Å². The van der Waals surface area contributed by atoms with E-state index in [1.807, 2.05) is 9.80 Å². The largest absolute Gasteiger partial charge is 0.367 e. The molecule has 9 nitrogen and oxygen atoms in total. The topological polar surface area (TPSA) is 123 Å². The van der Waals surface area contributed by atoms with Crippen molar-refractivity contribution in [1.82, 2.24) is 4.98 Å². The van der Waals surface area contributed by atoms with Crippen LogP contribution in [0.3, 0.4) is 0 Å². The van der Waals surface area contributed by atoms with Crippen molar-refractivity contribution in [3.8, 4) is 0 Å². The Morgan fingerprint density at radius 1 is 1.04 bits per heavy atom. The minimum absolute atomic E-state index is 0.0514. The molecule has 10 heteroatoms. The van der Waals surface area contributed by atoms with Gasteiger partial charge in [-0.05, 0) is 18.2 Å². The Bertz CT molecular complexity index is 877. The SMILES string of the molecule is NS(=O)(=O)c1ccccc1N1CCN(c2ccc([N+](=O)[O-])cn2)CC1. The van der Waals surface area contributed by atoms with Crippen LogP contribution in [0.5, 0.6) is 0 Å². The van der Waals surface area contributed by atoms with Crippen molar-refractivity contribution in [2.24, 2.45) is 5.14 Å². The van der Waals surface area contributed by atoms with Crippen molar-refractivity contribution in [1.29, 1.82) is 0 Å². The van der Waals surface area contributed by atoms with Gasteiger partial charge in [-0.1, -0.05) is 12.1 Å². The number of primary sulfonamides is 1. The molecule has 1 aromatic heterocycles. The molecule has 0 amide bonds.